The second-order valence-electron chi connectivity index (χ2n) is 6.11. The molecule has 1 aromatic heterocycles. The minimum absolute atomic E-state index is 0.772. The molecule has 0 spiro atoms. The smallest absolute Gasteiger partial charge is 0.201 e. The Morgan fingerprint density at radius 3 is 2.65 bits per heavy atom. The van der Waals surface area contributed by atoms with Crippen molar-refractivity contribution in [3.05, 3.63) is 77.0 Å². The molecule has 0 amide bonds. The van der Waals surface area contributed by atoms with Crippen molar-refractivity contribution < 1.29 is 4.57 Å². The van der Waals surface area contributed by atoms with Crippen LogP contribution in [0.4, 0.5) is 0 Å². The molecule has 0 bridgehead atoms. The fourth-order valence-electron chi connectivity index (χ4n) is 3.67. The molecular formula is C21H17N2+. The van der Waals surface area contributed by atoms with E-state index in [1.807, 2.05) is 18.2 Å². The van der Waals surface area contributed by atoms with E-state index in [-0.39, 0.29) is 0 Å². The van der Waals surface area contributed by atoms with Crippen LogP contribution >= 0.6 is 0 Å². The number of nitrogens with zero attached hydrogens (tertiary/aromatic N) is 2. The molecule has 0 atom stereocenters. The molecule has 0 unspecified atom stereocenters. The average Bonchev–Trinajstić information content (AvgIpc) is 2.94. The van der Waals surface area contributed by atoms with Gasteiger partial charge >= 0.3 is 0 Å². The van der Waals surface area contributed by atoms with E-state index in [0.717, 1.165) is 17.5 Å². The first kappa shape index (κ1) is 13.7. The maximum absolute atomic E-state index is 9.46. The van der Waals surface area contributed by atoms with Crippen LogP contribution < -0.4 is 4.57 Å². The maximum atomic E-state index is 9.46. The monoisotopic (exact) mass is 297 g/mol. The molecule has 2 heteroatoms. The average molecular weight is 297 g/mol. The number of pyridine rings is 1. The van der Waals surface area contributed by atoms with Crippen LogP contribution in [0.1, 0.15) is 22.3 Å². The van der Waals surface area contributed by atoms with Gasteiger partial charge in [-0.15, -0.1) is 0 Å². The first-order chi connectivity index (χ1) is 11.2. The van der Waals surface area contributed by atoms with E-state index in [1.54, 1.807) is 0 Å². The minimum atomic E-state index is 0.772. The van der Waals surface area contributed by atoms with Gasteiger partial charge in [0.1, 0.15) is 7.05 Å². The molecule has 0 N–H and O–H groups in total. The Hall–Kier alpha value is -2.92. The van der Waals surface area contributed by atoms with E-state index in [1.165, 1.54) is 33.5 Å². The SMILES string of the molecule is Cc1ccc2c(c1-c1cccc[n+]1C)Cc1cccc(C#N)c1-2. The highest BCUT2D eigenvalue weighted by molar-refractivity contribution is 5.87. The predicted octanol–water partition coefficient (Wildman–Crippen LogP) is 3.93. The quantitative estimate of drug-likeness (QED) is 0.489. The van der Waals surface area contributed by atoms with E-state index in [4.69, 9.17) is 0 Å². The Kier molecular flexibility index (Phi) is 3.02. The Labute approximate surface area is 136 Å². The molecule has 0 fully saturated rings. The normalized spacial score (nSPS) is 11.7. The number of aromatic nitrogens is 1. The van der Waals surface area contributed by atoms with Gasteiger partial charge in [-0.1, -0.05) is 24.3 Å². The standard InChI is InChI=1S/C21H17N2/c1-14-9-10-17-18(20(14)19-8-3-4-11-23(19)2)12-15-6-5-7-16(13-22)21(15)17/h3-11H,12H2,1-2H3/q+1. The van der Waals surface area contributed by atoms with Gasteiger partial charge in [-0.25, -0.2) is 4.57 Å². The van der Waals surface area contributed by atoms with Crippen molar-refractivity contribution in [3.8, 4) is 28.5 Å². The van der Waals surface area contributed by atoms with Crippen molar-refractivity contribution in [3.63, 3.8) is 0 Å². The molecule has 3 aromatic rings. The Morgan fingerprint density at radius 1 is 1.00 bits per heavy atom. The first-order valence-corrected chi connectivity index (χ1v) is 7.80. The highest BCUT2D eigenvalue weighted by atomic mass is 14.9. The fraction of sp³-hybridized carbons (Fsp3) is 0.143. The first-order valence-electron chi connectivity index (χ1n) is 7.80. The molecule has 1 heterocycles. The lowest BCUT2D eigenvalue weighted by Gasteiger charge is -2.11. The van der Waals surface area contributed by atoms with Crippen LogP contribution in [0.5, 0.6) is 0 Å². The van der Waals surface area contributed by atoms with Gasteiger partial charge in [0.2, 0.25) is 5.69 Å². The van der Waals surface area contributed by atoms with Crippen LogP contribution in [0.25, 0.3) is 22.4 Å². The van der Waals surface area contributed by atoms with Gasteiger partial charge < -0.3 is 0 Å². The zero-order valence-electron chi connectivity index (χ0n) is 13.3. The zero-order chi connectivity index (χ0) is 16.0. The van der Waals surface area contributed by atoms with Gasteiger partial charge in [-0.05, 0) is 47.7 Å². The molecule has 2 nitrogen and oxygen atoms in total. The second-order valence-corrected chi connectivity index (χ2v) is 6.11. The van der Waals surface area contributed by atoms with Gasteiger partial charge in [-0.3, -0.25) is 0 Å². The highest BCUT2D eigenvalue weighted by Gasteiger charge is 2.27. The number of aryl methyl sites for hydroxylation is 2. The van der Waals surface area contributed by atoms with Crippen molar-refractivity contribution in [1.82, 2.24) is 0 Å². The molecule has 2 aromatic carbocycles. The summed E-state index contributed by atoms with van der Waals surface area (Å²) in [6, 6.07) is 19.0. The van der Waals surface area contributed by atoms with Crippen LogP contribution in [0.15, 0.2) is 54.7 Å². The molecule has 4 rings (SSSR count). The highest BCUT2D eigenvalue weighted by Crippen LogP contribution is 2.43. The Morgan fingerprint density at radius 2 is 1.87 bits per heavy atom. The summed E-state index contributed by atoms with van der Waals surface area (Å²) >= 11 is 0. The van der Waals surface area contributed by atoms with E-state index in [2.05, 4.69) is 61.1 Å². The third-order valence-electron chi connectivity index (χ3n) is 4.74. The summed E-state index contributed by atoms with van der Waals surface area (Å²) in [4.78, 5) is 0. The molecule has 23 heavy (non-hydrogen) atoms. The number of hydrogen-bond acceptors (Lipinski definition) is 1. The molecule has 1 aliphatic rings. The maximum Gasteiger partial charge on any atom is 0.212 e. The lowest BCUT2D eigenvalue weighted by molar-refractivity contribution is -0.660. The van der Waals surface area contributed by atoms with Crippen molar-refractivity contribution >= 4 is 0 Å². The second kappa shape index (κ2) is 5.07. The summed E-state index contributed by atoms with van der Waals surface area (Å²) in [5, 5.41) is 9.46. The van der Waals surface area contributed by atoms with Crippen molar-refractivity contribution in [2.75, 3.05) is 0 Å². The molecule has 0 saturated heterocycles. The summed E-state index contributed by atoms with van der Waals surface area (Å²) < 4.78 is 2.16. The fourth-order valence-corrected chi connectivity index (χ4v) is 3.67. The largest absolute Gasteiger partial charge is 0.212 e. The van der Waals surface area contributed by atoms with Crippen molar-refractivity contribution in [2.45, 2.75) is 13.3 Å². The van der Waals surface area contributed by atoms with Gasteiger partial charge in [0.25, 0.3) is 0 Å². The number of benzene rings is 2. The molecule has 0 saturated carbocycles. The van der Waals surface area contributed by atoms with Crippen LogP contribution in [-0.4, -0.2) is 0 Å². The van der Waals surface area contributed by atoms with Crippen LogP contribution in [-0.2, 0) is 13.5 Å². The molecule has 0 radical (unpaired) electrons. The van der Waals surface area contributed by atoms with Crippen LogP contribution in [0.3, 0.4) is 0 Å². The third kappa shape index (κ3) is 1.98. The van der Waals surface area contributed by atoms with Gasteiger partial charge in [0.15, 0.2) is 6.20 Å². The molecule has 0 aliphatic heterocycles. The number of nitriles is 1. The summed E-state index contributed by atoms with van der Waals surface area (Å²) in [6.07, 6.45) is 2.98. The summed E-state index contributed by atoms with van der Waals surface area (Å²) in [7, 11) is 2.08. The summed E-state index contributed by atoms with van der Waals surface area (Å²) in [5.41, 5.74) is 9.48. The van der Waals surface area contributed by atoms with Crippen molar-refractivity contribution in [2.24, 2.45) is 7.05 Å². The van der Waals surface area contributed by atoms with E-state index in [0.29, 0.717) is 0 Å². The van der Waals surface area contributed by atoms with Crippen molar-refractivity contribution in [1.29, 1.82) is 5.26 Å². The van der Waals surface area contributed by atoms with Gasteiger partial charge in [0, 0.05) is 17.7 Å². The van der Waals surface area contributed by atoms with E-state index < -0.39 is 0 Å². The number of fused-ring (bicyclic) bond motifs is 3. The molecule has 110 valence electrons. The van der Waals surface area contributed by atoms with Crippen LogP contribution in [0.2, 0.25) is 0 Å². The van der Waals surface area contributed by atoms with E-state index in [9.17, 15) is 5.26 Å². The third-order valence-corrected chi connectivity index (χ3v) is 4.74. The predicted molar refractivity (Wildman–Crippen MR) is 90.7 cm³/mol. The lowest BCUT2D eigenvalue weighted by Crippen LogP contribution is -2.30. The number of hydrogen-bond donors (Lipinski definition) is 0. The molecular weight excluding hydrogens is 280 g/mol. The van der Waals surface area contributed by atoms with E-state index >= 15 is 0 Å². The Bertz CT molecular complexity index is 978. The topological polar surface area (TPSA) is 27.7 Å². The number of rotatable bonds is 1. The summed E-state index contributed by atoms with van der Waals surface area (Å²) in [5.74, 6) is 0. The zero-order valence-corrected chi connectivity index (χ0v) is 13.3. The molecule has 1 aliphatic carbocycles. The Balaban J connectivity index is 2.04. The van der Waals surface area contributed by atoms with Gasteiger partial charge in [-0.2, -0.15) is 5.26 Å². The van der Waals surface area contributed by atoms with Gasteiger partial charge in [0.05, 0.1) is 17.2 Å². The minimum Gasteiger partial charge on any atom is -0.201 e. The van der Waals surface area contributed by atoms with Crippen LogP contribution in [0, 0.1) is 18.3 Å². The summed E-state index contributed by atoms with van der Waals surface area (Å²) in [6.45, 7) is 2.16. The lowest BCUT2D eigenvalue weighted by atomic mass is 9.93.